The highest BCUT2D eigenvalue weighted by molar-refractivity contribution is 9.10. The first-order valence-corrected chi connectivity index (χ1v) is 5.86. The van der Waals surface area contributed by atoms with E-state index in [-0.39, 0.29) is 0 Å². The highest BCUT2D eigenvalue weighted by Gasteiger charge is 2.44. The molecule has 1 aromatic heterocycles. The lowest BCUT2D eigenvalue weighted by molar-refractivity contribution is -0.147. The molecule has 1 fully saturated rings. The summed E-state index contributed by atoms with van der Waals surface area (Å²) in [6.45, 7) is 0.960. The van der Waals surface area contributed by atoms with Gasteiger partial charge in [-0.15, -0.1) is 0 Å². The molecule has 1 saturated heterocycles. The van der Waals surface area contributed by atoms with E-state index in [0.717, 1.165) is 10.2 Å². The molecule has 1 aliphatic heterocycles. The molecule has 6 heteroatoms. The minimum atomic E-state index is -0.856. The number of ether oxygens (including phenoxy) is 1. The van der Waals surface area contributed by atoms with Crippen molar-refractivity contribution < 1.29 is 14.6 Å². The van der Waals surface area contributed by atoms with Gasteiger partial charge in [-0.05, 0) is 28.8 Å². The van der Waals surface area contributed by atoms with Gasteiger partial charge in [-0.25, -0.2) is 0 Å². The van der Waals surface area contributed by atoms with Crippen molar-refractivity contribution in [2.45, 2.75) is 18.3 Å². The smallest absolute Gasteiger partial charge is 0.314 e. The molecular weight excluding hydrogens is 276 g/mol. The number of carboxylic acid groups (broad SMARTS) is 1. The Balaban J connectivity index is 2.47. The van der Waals surface area contributed by atoms with Crippen LogP contribution in [0.15, 0.2) is 10.8 Å². The van der Waals surface area contributed by atoms with Crippen molar-refractivity contribution in [3.8, 4) is 0 Å². The first-order valence-electron chi connectivity index (χ1n) is 5.07. The average Bonchev–Trinajstić information content (AvgIpc) is 2.61. The largest absolute Gasteiger partial charge is 0.481 e. The van der Waals surface area contributed by atoms with E-state index in [4.69, 9.17) is 4.74 Å². The Kier molecular flexibility index (Phi) is 3.03. The summed E-state index contributed by atoms with van der Waals surface area (Å²) in [7, 11) is 1.78. The van der Waals surface area contributed by atoms with Crippen LogP contribution in [0, 0.1) is 0 Å². The fourth-order valence-electron chi connectivity index (χ4n) is 2.06. The molecule has 88 valence electrons. The molecule has 0 atom stereocenters. The summed E-state index contributed by atoms with van der Waals surface area (Å²) in [6, 6.07) is 0. The zero-order valence-corrected chi connectivity index (χ0v) is 10.5. The maximum Gasteiger partial charge on any atom is 0.314 e. The predicted octanol–water partition coefficient (Wildman–Crippen LogP) is 1.32. The Hall–Kier alpha value is -0.880. The second-order valence-corrected chi connectivity index (χ2v) is 4.72. The van der Waals surface area contributed by atoms with Crippen molar-refractivity contribution in [2.75, 3.05) is 13.2 Å². The van der Waals surface area contributed by atoms with Gasteiger partial charge in [0.1, 0.15) is 10.0 Å². The minimum absolute atomic E-state index is 0.480. The third kappa shape index (κ3) is 1.66. The van der Waals surface area contributed by atoms with E-state index in [1.165, 1.54) is 0 Å². The zero-order chi connectivity index (χ0) is 11.8. The highest BCUT2D eigenvalue weighted by atomic mass is 79.9. The zero-order valence-electron chi connectivity index (χ0n) is 8.94. The van der Waals surface area contributed by atoms with Crippen LogP contribution in [-0.2, 0) is 22.0 Å². The van der Waals surface area contributed by atoms with Crippen LogP contribution in [0.2, 0.25) is 0 Å². The Bertz CT molecular complexity index is 410. The molecule has 2 heterocycles. The number of rotatable bonds is 2. The van der Waals surface area contributed by atoms with Crippen molar-refractivity contribution in [3.63, 3.8) is 0 Å². The molecule has 1 aliphatic rings. The van der Waals surface area contributed by atoms with Crippen LogP contribution >= 0.6 is 15.9 Å². The maximum absolute atomic E-state index is 11.5. The Morgan fingerprint density at radius 3 is 2.69 bits per heavy atom. The van der Waals surface area contributed by atoms with Gasteiger partial charge in [0.2, 0.25) is 0 Å². The van der Waals surface area contributed by atoms with Gasteiger partial charge in [0.15, 0.2) is 0 Å². The number of nitrogens with zero attached hydrogens (tertiary/aromatic N) is 2. The standard InChI is InChI=1S/C10H13BrN2O3/c1-13-8(11)7(6-12-13)10(9(14)15)2-4-16-5-3-10/h6H,2-5H2,1H3,(H,14,15). The van der Waals surface area contributed by atoms with Crippen molar-refractivity contribution in [2.24, 2.45) is 7.05 Å². The fourth-order valence-corrected chi connectivity index (χ4v) is 2.64. The Morgan fingerprint density at radius 1 is 1.62 bits per heavy atom. The summed E-state index contributed by atoms with van der Waals surface area (Å²) in [5, 5.41) is 13.5. The summed E-state index contributed by atoms with van der Waals surface area (Å²) in [5.74, 6) is -0.801. The van der Waals surface area contributed by atoms with Crippen molar-refractivity contribution in [3.05, 3.63) is 16.4 Å². The van der Waals surface area contributed by atoms with Gasteiger partial charge in [0.05, 0.1) is 6.20 Å². The summed E-state index contributed by atoms with van der Waals surface area (Å²) in [6.07, 6.45) is 2.61. The predicted molar refractivity (Wildman–Crippen MR) is 60.3 cm³/mol. The van der Waals surface area contributed by atoms with E-state index in [2.05, 4.69) is 21.0 Å². The normalized spacial score (nSPS) is 19.6. The number of carboxylic acids is 1. The van der Waals surface area contributed by atoms with E-state index in [0.29, 0.717) is 26.1 Å². The topological polar surface area (TPSA) is 64.4 Å². The van der Waals surface area contributed by atoms with Gasteiger partial charge < -0.3 is 9.84 Å². The van der Waals surface area contributed by atoms with E-state index in [9.17, 15) is 9.90 Å². The van der Waals surface area contributed by atoms with E-state index >= 15 is 0 Å². The molecular formula is C10H13BrN2O3. The van der Waals surface area contributed by atoms with Crippen molar-refractivity contribution in [1.29, 1.82) is 0 Å². The molecule has 0 aliphatic carbocycles. The second-order valence-electron chi connectivity index (χ2n) is 3.97. The van der Waals surface area contributed by atoms with E-state index < -0.39 is 11.4 Å². The lowest BCUT2D eigenvalue weighted by atomic mass is 9.75. The van der Waals surface area contributed by atoms with Gasteiger partial charge in [0, 0.05) is 25.8 Å². The van der Waals surface area contributed by atoms with Crippen LogP contribution in [0.4, 0.5) is 0 Å². The monoisotopic (exact) mass is 288 g/mol. The number of hydrogen-bond acceptors (Lipinski definition) is 3. The van der Waals surface area contributed by atoms with Crippen LogP contribution in [-0.4, -0.2) is 34.1 Å². The Morgan fingerprint density at radius 2 is 2.25 bits per heavy atom. The number of hydrogen-bond donors (Lipinski definition) is 1. The molecule has 0 unspecified atom stereocenters. The lowest BCUT2D eigenvalue weighted by Gasteiger charge is -2.32. The minimum Gasteiger partial charge on any atom is -0.481 e. The summed E-state index contributed by atoms with van der Waals surface area (Å²) in [4.78, 5) is 11.5. The first kappa shape index (κ1) is 11.6. The number of halogens is 1. The van der Waals surface area contributed by atoms with Gasteiger partial charge in [0.25, 0.3) is 0 Å². The molecule has 1 N–H and O–H groups in total. The molecule has 0 aromatic carbocycles. The number of aromatic nitrogens is 2. The van der Waals surface area contributed by atoms with Crippen LogP contribution in [0.3, 0.4) is 0 Å². The molecule has 2 rings (SSSR count). The van der Waals surface area contributed by atoms with Crippen LogP contribution in [0.1, 0.15) is 18.4 Å². The number of aliphatic carboxylic acids is 1. The van der Waals surface area contributed by atoms with Gasteiger partial charge in [-0.3, -0.25) is 9.48 Å². The first-order chi connectivity index (χ1) is 7.58. The van der Waals surface area contributed by atoms with Gasteiger partial charge in [-0.2, -0.15) is 5.10 Å². The number of carbonyl (C=O) groups is 1. The molecule has 0 radical (unpaired) electrons. The number of aryl methyl sites for hydroxylation is 1. The molecule has 5 nitrogen and oxygen atoms in total. The van der Waals surface area contributed by atoms with Crippen molar-refractivity contribution in [1.82, 2.24) is 9.78 Å². The average molecular weight is 289 g/mol. The third-order valence-electron chi connectivity index (χ3n) is 3.14. The molecule has 1 aromatic rings. The van der Waals surface area contributed by atoms with Crippen molar-refractivity contribution >= 4 is 21.9 Å². The molecule has 0 saturated carbocycles. The SMILES string of the molecule is Cn1ncc(C2(C(=O)O)CCOCC2)c1Br. The van der Waals surface area contributed by atoms with Crippen LogP contribution in [0.5, 0.6) is 0 Å². The Labute approximate surface area is 102 Å². The van der Waals surface area contributed by atoms with Gasteiger partial charge >= 0.3 is 5.97 Å². The summed E-state index contributed by atoms with van der Waals surface area (Å²) < 4.78 is 7.60. The third-order valence-corrected chi connectivity index (χ3v) is 4.08. The van der Waals surface area contributed by atoms with Crippen LogP contribution in [0.25, 0.3) is 0 Å². The quantitative estimate of drug-likeness (QED) is 0.891. The highest BCUT2D eigenvalue weighted by Crippen LogP contribution is 2.38. The summed E-state index contributed by atoms with van der Waals surface area (Å²) >= 11 is 3.39. The van der Waals surface area contributed by atoms with E-state index in [1.807, 2.05) is 0 Å². The summed E-state index contributed by atoms with van der Waals surface area (Å²) in [5.41, 5.74) is -0.114. The molecule has 0 spiro atoms. The van der Waals surface area contributed by atoms with E-state index in [1.54, 1.807) is 17.9 Å². The fraction of sp³-hybridized carbons (Fsp3) is 0.600. The molecule has 0 bridgehead atoms. The second kappa shape index (κ2) is 4.18. The molecule has 0 amide bonds. The lowest BCUT2D eigenvalue weighted by Crippen LogP contribution is -2.41. The van der Waals surface area contributed by atoms with Gasteiger partial charge in [-0.1, -0.05) is 0 Å². The molecule has 16 heavy (non-hydrogen) atoms. The van der Waals surface area contributed by atoms with Crippen LogP contribution < -0.4 is 0 Å². The maximum atomic E-state index is 11.5.